The largest absolute Gasteiger partial charge is 0.385 e. The molecule has 1 saturated heterocycles. The number of benzene rings is 2. The van der Waals surface area contributed by atoms with Crippen molar-refractivity contribution in [3.63, 3.8) is 0 Å². The Morgan fingerprint density at radius 1 is 0.941 bits per heavy atom. The van der Waals surface area contributed by atoms with Crippen molar-refractivity contribution in [2.45, 2.75) is 18.5 Å². The summed E-state index contributed by atoms with van der Waals surface area (Å²) in [6.45, 7) is 1.71. The lowest BCUT2D eigenvalue weighted by Gasteiger charge is -2.29. The number of para-hydroxylation sites is 1. The van der Waals surface area contributed by atoms with E-state index in [0.717, 1.165) is 46.2 Å². The van der Waals surface area contributed by atoms with E-state index in [0.29, 0.717) is 0 Å². The number of hydrogen-bond acceptors (Lipinski definition) is 3. The van der Waals surface area contributed by atoms with Crippen LogP contribution in [0, 0.1) is 0 Å². The van der Waals surface area contributed by atoms with Crippen LogP contribution in [0.15, 0.2) is 102 Å². The van der Waals surface area contributed by atoms with Gasteiger partial charge in [0.1, 0.15) is 0 Å². The van der Waals surface area contributed by atoms with Crippen LogP contribution in [0.4, 0.5) is 5.69 Å². The summed E-state index contributed by atoms with van der Waals surface area (Å²) < 4.78 is 3.31. The number of anilines is 1. The first-order chi connectivity index (χ1) is 16.7. The number of hydrogen-bond donors (Lipinski definition) is 2. The molecule has 1 aliphatic rings. The Hall–Kier alpha value is -3.16. The molecule has 0 saturated carbocycles. The van der Waals surface area contributed by atoms with Gasteiger partial charge in [0.05, 0.1) is 17.8 Å². The van der Waals surface area contributed by atoms with Gasteiger partial charge in [0, 0.05) is 47.0 Å². The first-order valence-electron chi connectivity index (χ1n) is 11.4. The van der Waals surface area contributed by atoms with Crippen molar-refractivity contribution in [3.05, 3.63) is 113 Å². The zero-order valence-corrected chi connectivity index (χ0v) is 21.0. The Labute approximate surface area is 214 Å². The minimum Gasteiger partial charge on any atom is -0.385 e. The minimum atomic E-state index is -0.0279. The molecule has 0 spiro atoms. The van der Waals surface area contributed by atoms with E-state index in [2.05, 4.69) is 102 Å². The number of rotatable bonds is 8. The molecule has 2 aromatic heterocycles. The summed E-state index contributed by atoms with van der Waals surface area (Å²) >= 11 is 9.38. The first-order valence-corrected chi connectivity index (χ1v) is 12.6. The number of pyridine rings is 1. The van der Waals surface area contributed by atoms with Gasteiger partial charge in [0.25, 0.3) is 0 Å². The van der Waals surface area contributed by atoms with Crippen molar-refractivity contribution >= 4 is 38.9 Å². The molecule has 3 heterocycles. The van der Waals surface area contributed by atoms with Crippen molar-refractivity contribution in [3.8, 4) is 5.69 Å². The first kappa shape index (κ1) is 22.6. The molecule has 1 aliphatic heterocycles. The average Bonchev–Trinajstić information content (AvgIpc) is 3.48. The summed E-state index contributed by atoms with van der Waals surface area (Å²) in [6.07, 6.45) is 4.92. The lowest BCUT2D eigenvalue weighted by Crippen LogP contribution is -2.32. The third-order valence-corrected chi connectivity index (χ3v) is 6.95. The smallest absolute Gasteiger partial charge is 0.170 e. The normalized spacial score (nSPS) is 17.6. The predicted octanol–water partition coefficient (Wildman–Crippen LogP) is 6.11. The number of halogens is 1. The minimum absolute atomic E-state index is 0.0257. The molecule has 4 aromatic rings. The molecule has 2 N–H and O–H groups in total. The maximum atomic E-state index is 5.84. The fourth-order valence-electron chi connectivity index (χ4n) is 4.48. The van der Waals surface area contributed by atoms with Gasteiger partial charge in [-0.05, 0) is 79.3 Å². The van der Waals surface area contributed by atoms with Crippen molar-refractivity contribution in [2.75, 3.05) is 18.4 Å². The Morgan fingerprint density at radius 3 is 2.50 bits per heavy atom. The van der Waals surface area contributed by atoms with Crippen LogP contribution in [-0.2, 0) is 0 Å². The van der Waals surface area contributed by atoms with Gasteiger partial charge in [-0.15, -0.1) is 0 Å². The molecular formula is C27H26BrN5S. The summed E-state index contributed by atoms with van der Waals surface area (Å²) in [5, 5.41) is 7.83. The molecular weight excluding hydrogens is 506 g/mol. The highest BCUT2D eigenvalue weighted by Crippen LogP contribution is 2.39. The van der Waals surface area contributed by atoms with Gasteiger partial charge in [-0.2, -0.15) is 0 Å². The average molecular weight is 533 g/mol. The second kappa shape index (κ2) is 10.4. The lowest BCUT2D eigenvalue weighted by atomic mass is 10.0. The molecule has 5 nitrogen and oxygen atoms in total. The molecule has 0 amide bonds. The monoisotopic (exact) mass is 531 g/mol. The second-order valence-electron chi connectivity index (χ2n) is 8.25. The van der Waals surface area contributed by atoms with E-state index in [1.807, 2.05) is 36.5 Å². The van der Waals surface area contributed by atoms with E-state index in [1.54, 1.807) is 0 Å². The van der Waals surface area contributed by atoms with Crippen LogP contribution < -0.4 is 10.6 Å². The predicted molar refractivity (Wildman–Crippen MR) is 145 cm³/mol. The standard InChI is InChI=1S/C27H26BrN5S/c28-20-12-14-22(15-13-20)32-18-6-11-24(32)26-25(23-10-4-5-16-30-23)31-27(34)33(26)19-7-17-29-21-8-2-1-3-9-21/h1-6,8-16,18,25-26,29H,7,17,19H2,(H,31,34)/t25-,26+/m1/s1. The van der Waals surface area contributed by atoms with Crippen LogP contribution in [0.2, 0.25) is 0 Å². The summed E-state index contributed by atoms with van der Waals surface area (Å²) in [7, 11) is 0. The van der Waals surface area contributed by atoms with Crippen molar-refractivity contribution in [1.29, 1.82) is 0 Å². The van der Waals surface area contributed by atoms with E-state index in [9.17, 15) is 0 Å². The Balaban J connectivity index is 1.42. The highest BCUT2D eigenvalue weighted by atomic mass is 79.9. The topological polar surface area (TPSA) is 45.1 Å². The molecule has 0 unspecified atom stereocenters. The van der Waals surface area contributed by atoms with Crippen LogP contribution in [0.25, 0.3) is 5.69 Å². The third-order valence-electron chi connectivity index (χ3n) is 6.06. The SMILES string of the molecule is S=C1N[C@H](c2ccccn2)[C@H](c2cccn2-c2ccc(Br)cc2)N1CCCNc1ccccc1. The van der Waals surface area contributed by atoms with E-state index >= 15 is 0 Å². The maximum absolute atomic E-state index is 5.84. The van der Waals surface area contributed by atoms with Crippen molar-refractivity contribution < 1.29 is 0 Å². The quantitative estimate of drug-likeness (QED) is 0.212. The molecule has 2 aromatic carbocycles. The van der Waals surface area contributed by atoms with Gasteiger partial charge in [-0.3, -0.25) is 4.98 Å². The molecule has 7 heteroatoms. The molecule has 2 atom stereocenters. The fraction of sp³-hybridized carbons (Fsp3) is 0.185. The van der Waals surface area contributed by atoms with Crippen molar-refractivity contribution in [2.24, 2.45) is 0 Å². The zero-order chi connectivity index (χ0) is 23.3. The van der Waals surface area contributed by atoms with E-state index < -0.39 is 0 Å². The Kier molecular flexibility index (Phi) is 6.92. The van der Waals surface area contributed by atoms with Crippen LogP contribution in [-0.4, -0.2) is 32.7 Å². The van der Waals surface area contributed by atoms with Crippen molar-refractivity contribution in [1.82, 2.24) is 19.8 Å². The number of nitrogens with one attached hydrogen (secondary N) is 2. The molecule has 0 bridgehead atoms. The van der Waals surface area contributed by atoms with Crippen LogP contribution in [0.5, 0.6) is 0 Å². The molecule has 0 radical (unpaired) electrons. The fourth-order valence-corrected chi connectivity index (χ4v) is 5.07. The number of nitrogens with zero attached hydrogens (tertiary/aromatic N) is 3. The summed E-state index contributed by atoms with van der Waals surface area (Å²) in [5.74, 6) is 0. The maximum Gasteiger partial charge on any atom is 0.170 e. The van der Waals surface area contributed by atoms with Gasteiger partial charge >= 0.3 is 0 Å². The van der Waals surface area contributed by atoms with Gasteiger partial charge in [0.15, 0.2) is 5.11 Å². The number of aromatic nitrogens is 2. The molecule has 172 valence electrons. The van der Waals surface area contributed by atoms with E-state index in [4.69, 9.17) is 12.2 Å². The molecule has 5 rings (SSSR count). The van der Waals surface area contributed by atoms with Crippen LogP contribution in [0.3, 0.4) is 0 Å². The van der Waals surface area contributed by atoms with Gasteiger partial charge in [-0.25, -0.2) is 0 Å². The summed E-state index contributed by atoms with van der Waals surface area (Å²) in [6, 6.07) is 29.0. The van der Waals surface area contributed by atoms with Crippen LogP contribution in [0.1, 0.15) is 29.9 Å². The highest BCUT2D eigenvalue weighted by molar-refractivity contribution is 9.10. The summed E-state index contributed by atoms with van der Waals surface area (Å²) in [4.78, 5) is 6.97. The van der Waals surface area contributed by atoms with Gasteiger partial charge < -0.3 is 20.1 Å². The Bertz CT molecular complexity index is 1230. The molecule has 34 heavy (non-hydrogen) atoms. The van der Waals surface area contributed by atoms with Crippen LogP contribution >= 0.6 is 28.1 Å². The Morgan fingerprint density at radius 2 is 1.74 bits per heavy atom. The zero-order valence-electron chi connectivity index (χ0n) is 18.6. The van der Waals surface area contributed by atoms with E-state index in [-0.39, 0.29) is 12.1 Å². The lowest BCUT2D eigenvalue weighted by molar-refractivity contribution is 0.307. The summed E-state index contributed by atoms with van der Waals surface area (Å²) in [5.41, 5.74) is 4.42. The third kappa shape index (κ3) is 4.86. The molecule has 1 fully saturated rings. The second-order valence-corrected chi connectivity index (χ2v) is 9.55. The van der Waals surface area contributed by atoms with Gasteiger partial charge in [0.2, 0.25) is 0 Å². The van der Waals surface area contributed by atoms with Gasteiger partial charge in [-0.1, -0.05) is 40.2 Å². The highest BCUT2D eigenvalue weighted by Gasteiger charge is 2.40. The molecule has 0 aliphatic carbocycles. The van der Waals surface area contributed by atoms with E-state index in [1.165, 1.54) is 5.69 Å². The number of thiocarbonyl (C=S) groups is 1.